The van der Waals surface area contributed by atoms with Crippen molar-refractivity contribution in [1.82, 2.24) is 4.98 Å². The average Bonchev–Trinajstić information content (AvgIpc) is 2.93. The van der Waals surface area contributed by atoms with Crippen molar-refractivity contribution in [2.45, 2.75) is 20.3 Å². The molecule has 1 heterocycles. The second-order valence-corrected chi connectivity index (χ2v) is 4.92. The van der Waals surface area contributed by atoms with Crippen LogP contribution in [0.2, 0.25) is 0 Å². The fourth-order valence-electron chi connectivity index (χ4n) is 2.12. The van der Waals surface area contributed by atoms with Crippen molar-refractivity contribution in [3.05, 3.63) is 48.0 Å². The minimum atomic E-state index is -0.00665. The van der Waals surface area contributed by atoms with E-state index in [-0.39, 0.29) is 5.91 Å². The quantitative estimate of drug-likeness (QED) is 0.784. The van der Waals surface area contributed by atoms with E-state index >= 15 is 0 Å². The Morgan fingerprint density at radius 3 is 2.81 bits per heavy atom. The van der Waals surface area contributed by atoms with Crippen LogP contribution in [0.4, 0.5) is 5.69 Å². The van der Waals surface area contributed by atoms with Gasteiger partial charge in [-0.3, -0.25) is 4.79 Å². The molecule has 3 aromatic rings. The molecule has 0 atom stereocenters. The van der Waals surface area contributed by atoms with Gasteiger partial charge in [0.1, 0.15) is 5.52 Å². The highest BCUT2D eigenvalue weighted by Crippen LogP contribution is 2.27. The molecule has 0 saturated carbocycles. The Hall–Kier alpha value is -2.62. The summed E-state index contributed by atoms with van der Waals surface area (Å²) in [6.45, 7) is 3.79. The predicted octanol–water partition coefficient (Wildman–Crippen LogP) is 4.15. The first-order valence-electron chi connectivity index (χ1n) is 6.94. The molecule has 0 spiro atoms. The van der Waals surface area contributed by atoms with Crippen molar-refractivity contribution in [1.29, 1.82) is 0 Å². The zero-order valence-corrected chi connectivity index (χ0v) is 12.0. The minimum absolute atomic E-state index is 0.00665. The topological polar surface area (TPSA) is 55.1 Å². The maximum absolute atomic E-state index is 11.6. The molecular weight excluding hydrogens is 264 g/mol. The third-order valence-electron chi connectivity index (χ3n) is 3.37. The van der Waals surface area contributed by atoms with Crippen LogP contribution in [-0.4, -0.2) is 10.9 Å². The summed E-state index contributed by atoms with van der Waals surface area (Å²) in [5.74, 6) is 0.552. The van der Waals surface area contributed by atoms with Crippen molar-refractivity contribution >= 4 is 22.7 Å². The second-order valence-electron chi connectivity index (χ2n) is 4.92. The number of hydrogen-bond donors (Lipinski definition) is 1. The summed E-state index contributed by atoms with van der Waals surface area (Å²) < 4.78 is 5.76. The van der Waals surface area contributed by atoms with E-state index in [2.05, 4.69) is 10.3 Å². The molecule has 4 heteroatoms. The fraction of sp³-hybridized carbons (Fsp3) is 0.176. The lowest BCUT2D eigenvalue weighted by molar-refractivity contribution is -0.115. The smallest absolute Gasteiger partial charge is 0.227 e. The van der Waals surface area contributed by atoms with Crippen LogP contribution >= 0.6 is 0 Å². The van der Waals surface area contributed by atoms with Crippen molar-refractivity contribution in [2.24, 2.45) is 0 Å². The molecule has 0 aliphatic carbocycles. The molecule has 0 radical (unpaired) electrons. The Bertz CT molecular complexity index is 772. The number of benzene rings is 2. The van der Waals surface area contributed by atoms with Gasteiger partial charge in [-0.1, -0.05) is 25.1 Å². The lowest BCUT2D eigenvalue weighted by Crippen LogP contribution is -2.10. The number of carbonyl (C=O) groups is 1. The highest BCUT2D eigenvalue weighted by molar-refractivity contribution is 5.92. The van der Waals surface area contributed by atoms with Crippen LogP contribution in [0.1, 0.15) is 18.9 Å². The van der Waals surface area contributed by atoms with E-state index < -0.39 is 0 Å². The van der Waals surface area contributed by atoms with Gasteiger partial charge in [-0.05, 0) is 36.8 Å². The van der Waals surface area contributed by atoms with E-state index in [9.17, 15) is 4.79 Å². The number of nitrogens with zero attached hydrogens (tertiary/aromatic N) is 1. The Morgan fingerprint density at radius 1 is 1.24 bits per heavy atom. The number of para-hydroxylation sites is 2. The van der Waals surface area contributed by atoms with Gasteiger partial charge in [0.25, 0.3) is 0 Å². The molecular formula is C17H16N2O2. The summed E-state index contributed by atoms with van der Waals surface area (Å²) in [5.41, 5.74) is 4.24. The standard InChI is InChI=1S/C17H16N2O2/c1-3-16(20)18-14-10-12(9-8-11(14)2)17-19-13-6-4-5-7-15(13)21-17/h4-10H,3H2,1-2H3,(H,18,20). The Morgan fingerprint density at radius 2 is 2.05 bits per heavy atom. The first-order chi connectivity index (χ1) is 10.2. The number of amides is 1. The summed E-state index contributed by atoms with van der Waals surface area (Å²) in [6.07, 6.45) is 0.451. The van der Waals surface area contributed by atoms with Gasteiger partial charge in [-0.15, -0.1) is 0 Å². The first kappa shape index (κ1) is 13.4. The van der Waals surface area contributed by atoms with Crippen LogP contribution < -0.4 is 5.32 Å². The highest BCUT2D eigenvalue weighted by atomic mass is 16.3. The maximum Gasteiger partial charge on any atom is 0.227 e. The molecule has 0 aliphatic rings. The van der Waals surface area contributed by atoms with Gasteiger partial charge >= 0.3 is 0 Å². The zero-order chi connectivity index (χ0) is 14.8. The van der Waals surface area contributed by atoms with E-state index in [1.807, 2.05) is 56.3 Å². The van der Waals surface area contributed by atoms with E-state index in [1.54, 1.807) is 0 Å². The minimum Gasteiger partial charge on any atom is -0.436 e. The van der Waals surface area contributed by atoms with Crippen molar-refractivity contribution in [3.8, 4) is 11.5 Å². The summed E-state index contributed by atoms with van der Waals surface area (Å²) in [4.78, 5) is 16.0. The molecule has 3 rings (SSSR count). The van der Waals surface area contributed by atoms with Crippen LogP contribution in [-0.2, 0) is 4.79 Å². The molecule has 2 aromatic carbocycles. The Kier molecular flexibility index (Phi) is 3.44. The van der Waals surface area contributed by atoms with Gasteiger partial charge < -0.3 is 9.73 Å². The van der Waals surface area contributed by atoms with Crippen molar-refractivity contribution < 1.29 is 9.21 Å². The summed E-state index contributed by atoms with van der Waals surface area (Å²) in [6, 6.07) is 13.4. The molecule has 0 unspecified atom stereocenters. The molecule has 0 bridgehead atoms. The monoisotopic (exact) mass is 280 g/mol. The lowest BCUT2D eigenvalue weighted by atomic mass is 10.1. The number of rotatable bonds is 3. The number of anilines is 1. The average molecular weight is 280 g/mol. The third kappa shape index (κ3) is 2.65. The zero-order valence-electron chi connectivity index (χ0n) is 12.0. The van der Waals surface area contributed by atoms with Gasteiger partial charge in [-0.25, -0.2) is 4.98 Å². The molecule has 0 saturated heterocycles. The van der Waals surface area contributed by atoms with E-state index in [0.29, 0.717) is 12.3 Å². The number of hydrogen-bond acceptors (Lipinski definition) is 3. The van der Waals surface area contributed by atoms with Gasteiger partial charge in [0, 0.05) is 17.7 Å². The number of oxazole rings is 1. The predicted molar refractivity (Wildman–Crippen MR) is 83.1 cm³/mol. The van der Waals surface area contributed by atoms with Gasteiger partial charge in [0.15, 0.2) is 5.58 Å². The number of nitrogens with one attached hydrogen (secondary N) is 1. The number of aryl methyl sites for hydroxylation is 1. The molecule has 4 nitrogen and oxygen atoms in total. The number of fused-ring (bicyclic) bond motifs is 1. The maximum atomic E-state index is 11.6. The highest BCUT2D eigenvalue weighted by Gasteiger charge is 2.10. The van der Waals surface area contributed by atoms with Gasteiger partial charge in [-0.2, -0.15) is 0 Å². The SMILES string of the molecule is CCC(=O)Nc1cc(-c2nc3ccccc3o2)ccc1C. The van der Waals surface area contributed by atoms with Gasteiger partial charge in [0.2, 0.25) is 11.8 Å². The lowest BCUT2D eigenvalue weighted by Gasteiger charge is -2.08. The molecule has 21 heavy (non-hydrogen) atoms. The van der Waals surface area contributed by atoms with E-state index in [0.717, 1.165) is 27.9 Å². The normalized spacial score (nSPS) is 10.8. The molecule has 1 N–H and O–H groups in total. The fourth-order valence-corrected chi connectivity index (χ4v) is 2.12. The summed E-state index contributed by atoms with van der Waals surface area (Å²) in [5, 5.41) is 2.90. The van der Waals surface area contributed by atoms with Crippen molar-refractivity contribution in [3.63, 3.8) is 0 Å². The molecule has 0 aliphatic heterocycles. The Labute approximate surface area is 122 Å². The molecule has 1 aromatic heterocycles. The van der Waals surface area contributed by atoms with Crippen LogP contribution in [0.25, 0.3) is 22.6 Å². The first-order valence-corrected chi connectivity index (χ1v) is 6.94. The molecule has 106 valence electrons. The second kappa shape index (κ2) is 5.40. The van der Waals surface area contributed by atoms with Crippen LogP contribution in [0.3, 0.4) is 0 Å². The number of carbonyl (C=O) groups excluding carboxylic acids is 1. The van der Waals surface area contributed by atoms with E-state index in [1.165, 1.54) is 0 Å². The third-order valence-corrected chi connectivity index (χ3v) is 3.37. The van der Waals surface area contributed by atoms with Crippen molar-refractivity contribution in [2.75, 3.05) is 5.32 Å². The van der Waals surface area contributed by atoms with Crippen LogP contribution in [0.5, 0.6) is 0 Å². The number of aromatic nitrogens is 1. The molecule has 1 amide bonds. The Balaban J connectivity index is 2.02. The van der Waals surface area contributed by atoms with E-state index in [4.69, 9.17) is 4.42 Å². The molecule has 0 fully saturated rings. The largest absolute Gasteiger partial charge is 0.436 e. The summed E-state index contributed by atoms with van der Waals surface area (Å²) >= 11 is 0. The van der Waals surface area contributed by atoms with Crippen LogP contribution in [0, 0.1) is 6.92 Å². The summed E-state index contributed by atoms with van der Waals surface area (Å²) in [7, 11) is 0. The van der Waals surface area contributed by atoms with Crippen LogP contribution in [0.15, 0.2) is 46.9 Å². The van der Waals surface area contributed by atoms with Gasteiger partial charge in [0.05, 0.1) is 0 Å².